The van der Waals surface area contributed by atoms with Crippen molar-refractivity contribution in [3.8, 4) is 0 Å². The summed E-state index contributed by atoms with van der Waals surface area (Å²) in [5.41, 5.74) is -0.755. The second-order valence-corrected chi connectivity index (χ2v) is 7.86. The van der Waals surface area contributed by atoms with Gasteiger partial charge in [0.25, 0.3) is 5.69 Å². The van der Waals surface area contributed by atoms with Gasteiger partial charge in [-0.05, 0) is 46.2 Å². The fourth-order valence-corrected chi connectivity index (χ4v) is 2.78. The molecule has 1 unspecified atom stereocenters. The molecular weight excluding hydrogens is 348 g/mol. The lowest BCUT2D eigenvalue weighted by molar-refractivity contribution is -0.386. The zero-order valence-corrected chi connectivity index (χ0v) is 15.6. The van der Waals surface area contributed by atoms with Crippen LogP contribution in [0.1, 0.15) is 39.7 Å². The van der Waals surface area contributed by atoms with E-state index in [0.29, 0.717) is 30.1 Å². The molecule has 1 atom stereocenters. The Morgan fingerprint density at radius 1 is 1.44 bits per heavy atom. The summed E-state index contributed by atoms with van der Waals surface area (Å²) in [4.78, 5) is 24.4. The van der Waals surface area contributed by atoms with Gasteiger partial charge in [0.1, 0.15) is 5.60 Å². The molecule has 0 bridgehead atoms. The summed E-state index contributed by atoms with van der Waals surface area (Å²) in [6, 6.07) is 4.49. The lowest BCUT2D eigenvalue weighted by Crippen LogP contribution is -2.39. The minimum Gasteiger partial charge on any atom is -0.444 e. The van der Waals surface area contributed by atoms with Gasteiger partial charge in [0.2, 0.25) is 0 Å². The second kappa shape index (κ2) is 7.17. The first-order chi connectivity index (χ1) is 11.5. The topological polar surface area (TPSA) is 81.9 Å². The maximum absolute atomic E-state index is 12.1. The van der Waals surface area contributed by atoms with Gasteiger partial charge >= 0.3 is 6.09 Å². The monoisotopic (exact) mass is 370 g/mol. The van der Waals surface area contributed by atoms with Crippen molar-refractivity contribution < 1.29 is 19.2 Å². The average Bonchev–Trinajstić information content (AvgIpc) is 2.87. The number of carbonyl (C=O) groups is 1. The van der Waals surface area contributed by atoms with Crippen molar-refractivity contribution in [2.45, 2.75) is 51.9 Å². The van der Waals surface area contributed by atoms with Crippen LogP contribution in [0.3, 0.4) is 0 Å². The van der Waals surface area contributed by atoms with Crippen LogP contribution in [0.5, 0.6) is 0 Å². The Morgan fingerprint density at radius 2 is 2.12 bits per heavy atom. The molecule has 8 heteroatoms. The number of benzene rings is 1. The summed E-state index contributed by atoms with van der Waals surface area (Å²) < 4.78 is 11.3. The molecular formula is C17H23ClN2O5. The summed E-state index contributed by atoms with van der Waals surface area (Å²) in [7, 11) is 0. The van der Waals surface area contributed by atoms with Crippen molar-refractivity contribution in [3.05, 3.63) is 38.9 Å². The number of hydrogen-bond donors (Lipinski definition) is 0. The van der Waals surface area contributed by atoms with Gasteiger partial charge in [-0.25, -0.2) is 4.79 Å². The molecule has 1 amide bonds. The lowest BCUT2D eigenvalue weighted by atomic mass is 10.1. The maximum atomic E-state index is 12.1. The third-order valence-electron chi connectivity index (χ3n) is 3.91. The smallest absolute Gasteiger partial charge is 0.410 e. The first kappa shape index (κ1) is 19.5. The van der Waals surface area contributed by atoms with Crippen molar-refractivity contribution >= 4 is 23.4 Å². The Bertz CT molecular complexity index is 673. The van der Waals surface area contributed by atoms with Crippen LogP contribution in [-0.4, -0.2) is 40.2 Å². The largest absolute Gasteiger partial charge is 0.444 e. The van der Waals surface area contributed by atoms with Gasteiger partial charge in [0, 0.05) is 17.6 Å². The Labute approximate surface area is 152 Å². The summed E-state index contributed by atoms with van der Waals surface area (Å²) in [5, 5.41) is 11.5. The highest BCUT2D eigenvalue weighted by atomic mass is 35.5. The first-order valence-electron chi connectivity index (χ1n) is 8.04. The number of rotatable bonds is 4. The molecule has 0 aliphatic carbocycles. The SMILES string of the molecule is CC(C)(C)OC(=O)N1CCC(C)(OCc2ccc(Cl)cc2[N+](=O)[O-])C1. The standard InChI is InChI=1S/C17H23ClN2O5/c1-16(2,3)25-15(21)19-8-7-17(4,11-19)24-10-12-5-6-13(18)9-14(12)20(22)23/h5-6,9H,7-8,10-11H2,1-4H3. The number of halogens is 1. The number of nitro groups is 1. The van der Waals surface area contributed by atoms with Crippen molar-refractivity contribution in [1.82, 2.24) is 4.90 Å². The predicted octanol–water partition coefficient (Wildman–Crippen LogP) is 4.16. The van der Waals surface area contributed by atoms with E-state index in [2.05, 4.69) is 0 Å². The minimum atomic E-state index is -0.579. The maximum Gasteiger partial charge on any atom is 0.410 e. The van der Waals surface area contributed by atoms with E-state index in [1.165, 1.54) is 6.07 Å². The van der Waals surface area contributed by atoms with E-state index in [9.17, 15) is 14.9 Å². The molecule has 0 radical (unpaired) electrons. The molecule has 0 aromatic heterocycles. The van der Waals surface area contributed by atoms with Gasteiger partial charge in [-0.15, -0.1) is 0 Å². The van der Waals surface area contributed by atoms with Crippen molar-refractivity contribution in [2.75, 3.05) is 13.1 Å². The normalized spacial score (nSPS) is 20.6. The molecule has 1 saturated heterocycles. The van der Waals surface area contributed by atoms with E-state index in [-0.39, 0.29) is 18.4 Å². The van der Waals surface area contributed by atoms with Crippen LogP contribution in [0.15, 0.2) is 18.2 Å². The van der Waals surface area contributed by atoms with Crippen LogP contribution in [0.2, 0.25) is 5.02 Å². The highest BCUT2D eigenvalue weighted by molar-refractivity contribution is 6.30. The fraction of sp³-hybridized carbons (Fsp3) is 0.588. The fourth-order valence-electron chi connectivity index (χ4n) is 2.61. The lowest BCUT2D eigenvalue weighted by Gasteiger charge is -2.27. The predicted molar refractivity (Wildman–Crippen MR) is 93.7 cm³/mol. The molecule has 1 aliphatic rings. The molecule has 1 aromatic carbocycles. The Balaban J connectivity index is 2.00. The van der Waals surface area contributed by atoms with Crippen LogP contribution in [0, 0.1) is 10.1 Å². The Hall–Kier alpha value is -1.86. The molecule has 0 N–H and O–H groups in total. The summed E-state index contributed by atoms with van der Waals surface area (Å²) in [5.74, 6) is 0. The molecule has 1 heterocycles. The van der Waals surface area contributed by atoms with Crippen LogP contribution >= 0.6 is 11.6 Å². The van der Waals surface area contributed by atoms with Crippen LogP contribution in [-0.2, 0) is 16.1 Å². The van der Waals surface area contributed by atoms with E-state index >= 15 is 0 Å². The highest BCUT2D eigenvalue weighted by Crippen LogP contribution is 2.30. The Kier molecular flexibility index (Phi) is 5.58. The summed E-state index contributed by atoms with van der Waals surface area (Å²) >= 11 is 5.82. The number of amides is 1. The number of nitrogens with zero attached hydrogens (tertiary/aromatic N) is 2. The van der Waals surface area contributed by atoms with Gasteiger partial charge < -0.3 is 14.4 Å². The third kappa shape index (κ3) is 5.31. The molecule has 25 heavy (non-hydrogen) atoms. The van der Waals surface area contributed by atoms with E-state index in [1.807, 2.05) is 27.7 Å². The van der Waals surface area contributed by atoms with Gasteiger partial charge in [-0.1, -0.05) is 11.6 Å². The van der Waals surface area contributed by atoms with E-state index < -0.39 is 16.1 Å². The molecule has 2 rings (SSSR count). The zero-order chi connectivity index (χ0) is 18.8. The van der Waals surface area contributed by atoms with Crippen LogP contribution in [0.25, 0.3) is 0 Å². The molecule has 7 nitrogen and oxygen atoms in total. The summed E-state index contributed by atoms with van der Waals surface area (Å²) in [6.45, 7) is 8.31. The minimum absolute atomic E-state index is 0.0712. The second-order valence-electron chi connectivity index (χ2n) is 7.42. The molecule has 1 aliphatic heterocycles. The van der Waals surface area contributed by atoms with Gasteiger partial charge in [0.05, 0.1) is 29.2 Å². The highest BCUT2D eigenvalue weighted by Gasteiger charge is 2.39. The number of hydrogen-bond acceptors (Lipinski definition) is 5. The number of nitro benzene ring substituents is 1. The first-order valence-corrected chi connectivity index (χ1v) is 8.42. The zero-order valence-electron chi connectivity index (χ0n) is 14.9. The van der Waals surface area contributed by atoms with E-state index in [4.69, 9.17) is 21.1 Å². The molecule has 138 valence electrons. The molecule has 0 saturated carbocycles. The van der Waals surface area contributed by atoms with Gasteiger partial charge in [0.15, 0.2) is 0 Å². The number of likely N-dealkylation sites (tertiary alicyclic amines) is 1. The summed E-state index contributed by atoms with van der Waals surface area (Å²) in [6.07, 6.45) is 0.255. The molecule has 1 fully saturated rings. The van der Waals surface area contributed by atoms with E-state index in [1.54, 1.807) is 17.0 Å². The van der Waals surface area contributed by atoms with Crippen LogP contribution < -0.4 is 0 Å². The van der Waals surface area contributed by atoms with Crippen molar-refractivity contribution in [3.63, 3.8) is 0 Å². The number of ether oxygens (including phenoxy) is 2. The van der Waals surface area contributed by atoms with Gasteiger partial charge in [-0.2, -0.15) is 0 Å². The average molecular weight is 371 g/mol. The molecule has 0 spiro atoms. The van der Waals surface area contributed by atoms with Crippen LogP contribution in [0.4, 0.5) is 10.5 Å². The number of carbonyl (C=O) groups excluding carboxylic acids is 1. The third-order valence-corrected chi connectivity index (χ3v) is 4.14. The van der Waals surface area contributed by atoms with E-state index in [0.717, 1.165) is 0 Å². The molecule has 1 aromatic rings. The van der Waals surface area contributed by atoms with Crippen molar-refractivity contribution in [2.24, 2.45) is 0 Å². The van der Waals surface area contributed by atoms with Crippen molar-refractivity contribution in [1.29, 1.82) is 0 Å². The quantitative estimate of drug-likeness (QED) is 0.587. The Morgan fingerprint density at radius 3 is 2.72 bits per heavy atom. The van der Waals surface area contributed by atoms with Gasteiger partial charge in [-0.3, -0.25) is 10.1 Å².